The summed E-state index contributed by atoms with van der Waals surface area (Å²) in [5.74, 6) is 0.917. The van der Waals surface area contributed by atoms with Crippen LogP contribution in [0.5, 0.6) is 17.2 Å². The lowest BCUT2D eigenvalue weighted by molar-refractivity contribution is -0.141. The normalized spacial score (nSPS) is 11.6. The Hall–Kier alpha value is -1.53. The molecule has 0 aliphatic carbocycles. The van der Waals surface area contributed by atoms with Crippen LogP contribution in [-0.2, 0) is 4.79 Å². The first kappa shape index (κ1) is 16.8. The van der Waals surface area contributed by atoms with Gasteiger partial charge >= 0.3 is 5.97 Å². The number of ether oxygens (including phenoxy) is 3. The summed E-state index contributed by atoms with van der Waals surface area (Å²) in [6.45, 7) is 1.63. The van der Waals surface area contributed by atoms with Crippen LogP contribution in [0.1, 0.15) is 6.92 Å². The molecule has 2 aromatic carbocycles. The molecule has 0 N–H and O–H groups in total. The SMILES string of the molecule is COc1ccccc1OC(=O)[C@@H](C)Oc1ccc(Br)cc1Br. The minimum atomic E-state index is -0.762. The summed E-state index contributed by atoms with van der Waals surface area (Å²) in [5.41, 5.74) is 0. The fraction of sp³-hybridized carbons (Fsp3) is 0.188. The third-order valence-corrected chi connectivity index (χ3v) is 3.92. The predicted octanol–water partition coefficient (Wildman–Crippen LogP) is 4.59. The summed E-state index contributed by atoms with van der Waals surface area (Å²) in [7, 11) is 1.52. The van der Waals surface area contributed by atoms with Gasteiger partial charge in [-0.15, -0.1) is 0 Å². The van der Waals surface area contributed by atoms with Gasteiger partial charge in [-0.1, -0.05) is 28.1 Å². The van der Waals surface area contributed by atoms with Crippen molar-refractivity contribution in [2.75, 3.05) is 7.11 Å². The van der Waals surface area contributed by atoms with E-state index >= 15 is 0 Å². The van der Waals surface area contributed by atoms with Crippen molar-refractivity contribution < 1.29 is 19.0 Å². The van der Waals surface area contributed by atoms with Gasteiger partial charge in [0.2, 0.25) is 0 Å². The molecule has 0 saturated carbocycles. The van der Waals surface area contributed by atoms with Gasteiger partial charge < -0.3 is 14.2 Å². The first-order chi connectivity index (χ1) is 10.5. The van der Waals surface area contributed by atoms with Crippen LogP contribution < -0.4 is 14.2 Å². The number of hydrogen-bond donors (Lipinski definition) is 0. The topological polar surface area (TPSA) is 44.8 Å². The highest BCUT2D eigenvalue weighted by Gasteiger charge is 2.20. The van der Waals surface area contributed by atoms with Crippen LogP contribution >= 0.6 is 31.9 Å². The van der Waals surface area contributed by atoms with Gasteiger partial charge in [0.25, 0.3) is 0 Å². The minimum Gasteiger partial charge on any atom is -0.493 e. The summed E-state index contributed by atoms with van der Waals surface area (Å²) in [5, 5.41) is 0. The van der Waals surface area contributed by atoms with Crippen molar-refractivity contribution in [1.29, 1.82) is 0 Å². The van der Waals surface area contributed by atoms with Gasteiger partial charge in [0.1, 0.15) is 5.75 Å². The summed E-state index contributed by atoms with van der Waals surface area (Å²) < 4.78 is 17.8. The van der Waals surface area contributed by atoms with Crippen LogP contribution in [0.15, 0.2) is 51.4 Å². The number of carbonyl (C=O) groups excluding carboxylic acids is 1. The Labute approximate surface area is 145 Å². The van der Waals surface area contributed by atoms with E-state index in [1.54, 1.807) is 37.3 Å². The lowest BCUT2D eigenvalue weighted by atomic mass is 10.3. The molecule has 2 rings (SSSR count). The van der Waals surface area contributed by atoms with Crippen molar-refractivity contribution in [3.63, 3.8) is 0 Å². The average molecular weight is 430 g/mol. The molecule has 4 nitrogen and oxygen atoms in total. The molecule has 0 fully saturated rings. The fourth-order valence-corrected chi connectivity index (χ4v) is 2.84. The Morgan fingerprint density at radius 1 is 1.05 bits per heavy atom. The third kappa shape index (κ3) is 4.24. The van der Waals surface area contributed by atoms with E-state index in [-0.39, 0.29) is 0 Å². The molecule has 0 aliphatic heterocycles. The average Bonchev–Trinajstić information content (AvgIpc) is 2.50. The molecule has 6 heteroatoms. The van der Waals surface area contributed by atoms with E-state index in [4.69, 9.17) is 14.2 Å². The van der Waals surface area contributed by atoms with Gasteiger partial charge in [0.05, 0.1) is 11.6 Å². The number of benzene rings is 2. The quantitative estimate of drug-likeness (QED) is 0.514. The Morgan fingerprint density at radius 2 is 1.73 bits per heavy atom. The van der Waals surface area contributed by atoms with Gasteiger partial charge in [0.15, 0.2) is 17.6 Å². The maximum atomic E-state index is 12.1. The standard InChI is InChI=1S/C16H14Br2O4/c1-10(21-13-8-7-11(17)9-12(13)18)16(19)22-15-6-4-3-5-14(15)20-2/h3-10H,1-2H3/t10-/m1/s1. The number of hydrogen-bond acceptors (Lipinski definition) is 4. The van der Waals surface area contributed by atoms with Gasteiger partial charge in [-0.25, -0.2) is 4.79 Å². The number of halogens is 2. The molecule has 0 unspecified atom stereocenters. The van der Waals surface area contributed by atoms with Crippen LogP contribution in [0.4, 0.5) is 0 Å². The van der Waals surface area contributed by atoms with Crippen molar-refractivity contribution in [3.8, 4) is 17.2 Å². The number of rotatable bonds is 5. The van der Waals surface area contributed by atoms with Crippen LogP contribution in [0, 0.1) is 0 Å². The van der Waals surface area contributed by atoms with Crippen LogP contribution in [0.3, 0.4) is 0 Å². The van der Waals surface area contributed by atoms with E-state index in [2.05, 4.69) is 31.9 Å². The molecule has 0 amide bonds. The monoisotopic (exact) mass is 428 g/mol. The molecule has 0 aromatic heterocycles. The number of carbonyl (C=O) groups is 1. The molecule has 0 aliphatic rings. The lowest BCUT2D eigenvalue weighted by Crippen LogP contribution is -2.28. The Balaban J connectivity index is 2.06. The fourth-order valence-electron chi connectivity index (χ4n) is 1.70. The Bertz CT molecular complexity index is 673. The maximum absolute atomic E-state index is 12.1. The third-order valence-electron chi connectivity index (χ3n) is 2.81. The molecular weight excluding hydrogens is 416 g/mol. The zero-order chi connectivity index (χ0) is 16.1. The van der Waals surface area contributed by atoms with Crippen molar-refractivity contribution in [2.24, 2.45) is 0 Å². The summed E-state index contributed by atoms with van der Waals surface area (Å²) in [6, 6.07) is 12.4. The van der Waals surface area contributed by atoms with Gasteiger partial charge in [-0.3, -0.25) is 0 Å². The van der Waals surface area contributed by atoms with Gasteiger partial charge in [-0.2, -0.15) is 0 Å². The molecule has 0 heterocycles. The first-order valence-electron chi connectivity index (χ1n) is 6.47. The molecule has 22 heavy (non-hydrogen) atoms. The highest BCUT2D eigenvalue weighted by molar-refractivity contribution is 9.11. The lowest BCUT2D eigenvalue weighted by Gasteiger charge is -2.16. The van der Waals surface area contributed by atoms with Crippen molar-refractivity contribution >= 4 is 37.8 Å². The zero-order valence-corrected chi connectivity index (χ0v) is 15.2. The molecule has 0 saturated heterocycles. The van der Waals surface area contributed by atoms with E-state index in [0.29, 0.717) is 17.2 Å². The molecule has 1 atom stereocenters. The summed E-state index contributed by atoms with van der Waals surface area (Å²) in [4.78, 5) is 12.1. The van der Waals surface area contributed by atoms with Gasteiger partial charge in [-0.05, 0) is 53.2 Å². The molecule has 116 valence electrons. The van der Waals surface area contributed by atoms with Crippen molar-refractivity contribution in [3.05, 3.63) is 51.4 Å². The highest BCUT2D eigenvalue weighted by atomic mass is 79.9. The Morgan fingerprint density at radius 3 is 2.36 bits per heavy atom. The first-order valence-corrected chi connectivity index (χ1v) is 8.06. The largest absolute Gasteiger partial charge is 0.493 e. The molecule has 0 radical (unpaired) electrons. The zero-order valence-electron chi connectivity index (χ0n) is 12.0. The van der Waals surface area contributed by atoms with E-state index in [1.165, 1.54) is 7.11 Å². The second kappa shape index (κ2) is 7.65. The van der Waals surface area contributed by atoms with Gasteiger partial charge in [0, 0.05) is 4.47 Å². The van der Waals surface area contributed by atoms with E-state index in [1.807, 2.05) is 12.1 Å². The summed E-state index contributed by atoms with van der Waals surface area (Å²) in [6.07, 6.45) is -0.762. The smallest absolute Gasteiger partial charge is 0.352 e. The van der Waals surface area contributed by atoms with Crippen LogP contribution in [0.25, 0.3) is 0 Å². The highest BCUT2D eigenvalue weighted by Crippen LogP contribution is 2.30. The maximum Gasteiger partial charge on any atom is 0.352 e. The molecule has 2 aromatic rings. The van der Waals surface area contributed by atoms with E-state index in [0.717, 1.165) is 8.95 Å². The van der Waals surface area contributed by atoms with Crippen molar-refractivity contribution in [1.82, 2.24) is 0 Å². The second-order valence-electron chi connectivity index (χ2n) is 4.41. The summed E-state index contributed by atoms with van der Waals surface area (Å²) >= 11 is 6.75. The number of methoxy groups -OCH3 is 1. The molecule has 0 bridgehead atoms. The Kier molecular flexibility index (Phi) is 5.85. The molecule has 0 spiro atoms. The van der Waals surface area contributed by atoms with Crippen molar-refractivity contribution in [2.45, 2.75) is 13.0 Å². The molecular formula is C16H14Br2O4. The number of para-hydroxylation sites is 2. The van der Waals surface area contributed by atoms with Crippen LogP contribution in [0.2, 0.25) is 0 Å². The van der Waals surface area contributed by atoms with E-state index in [9.17, 15) is 4.79 Å². The number of esters is 1. The second-order valence-corrected chi connectivity index (χ2v) is 6.18. The van der Waals surface area contributed by atoms with E-state index < -0.39 is 12.1 Å². The predicted molar refractivity (Wildman–Crippen MR) is 90.6 cm³/mol. The minimum absolute atomic E-state index is 0.361. The van der Waals surface area contributed by atoms with Crippen LogP contribution in [-0.4, -0.2) is 19.2 Å².